The molecule has 1 aliphatic heterocycles. The maximum atomic E-state index is 12.4. The van der Waals surface area contributed by atoms with Gasteiger partial charge in [0, 0.05) is 29.5 Å². The van der Waals surface area contributed by atoms with Gasteiger partial charge in [0.2, 0.25) is 11.8 Å². The fourth-order valence-electron chi connectivity index (χ4n) is 3.42. The van der Waals surface area contributed by atoms with Gasteiger partial charge in [0.15, 0.2) is 11.5 Å². The lowest BCUT2D eigenvalue weighted by Gasteiger charge is -2.14. The molecule has 164 valence electrons. The van der Waals surface area contributed by atoms with Crippen molar-refractivity contribution >= 4 is 16.7 Å². The van der Waals surface area contributed by atoms with Crippen LogP contribution in [0.1, 0.15) is 24.3 Å². The Morgan fingerprint density at radius 1 is 1.23 bits per heavy atom. The molecule has 3 rings (SSSR count). The summed E-state index contributed by atoms with van der Waals surface area (Å²) in [7, 11) is 1.77. The van der Waals surface area contributed by atoms with E-state index in [9.17, 15) is 9.00 Å². The molecule has 2 aromatic rings. The smallest absolute Gasteiger partial charge is 0.232 e. The van der Waals surface area contributed by atoms with Gasteiger partial charge in [-0.15, -0.1) is 0 Å². The van der Waals surface area contributed by atoms with E-state index < -0.39 is 10.8 Å². The summed E-state index contributed by atoms with van der Waals surface area (Å²) in [6, 6.07) is 5.37. The Kier molecular flexibility index (Phi) is 7.87. The molecule has 0 unspecified atom stereocenters. The molecule has 30 heavy (non-hydrogen) atoms. The molecule has 2 heterocycles. The highest BCUT2D eigenvalue weighted by atomic mass is 32.2. The first-order valence-electron chi connectivity index (χ1n) is 10.0. The lowest BCUT2D eigenvalue weighted by Crippen LogP contribution is -2.35. The van der Waals surface area contributed by atoms with Gasteiger partial charge in [-0.2, -0.15) is 0 Å². The molecule has 0 bridgehead atoms. The second-order valence-electron chi connectivity index (χ2n) is 7.22. The van der Waals surface area contributed by atoms with Crippen molar-refractivity contribution in [2.45, 2.75) is 25.5 Å². The van der Waals surface area contributed by atoms with Crippen LogP contribution in [0.25, 0.3) is 11.5 Å². The third-order valence-corrected chi connectivity index (χ3v) is 6.24. The topological polar surface area (TPSA) is 93.9 Å². The van der Waals surface area contributed by atoms with E-state index in [1.165, 1.54) is 12.8 Å². The average molecular weight is 436 g/mol. The zero-order valence-electron chi connectivity index (χ0n) is 17.7. The molecule has 1 aromatic heterocycles. The molecule has 0 spiro atoms. The molecule has 1 saturated heterocycles. The second kappa shape index (κ2) is 10.6. The van der Waals surface area contributed by atoms with Crippen LogP contribution in [0.3, 0.4) is 0 Å². The first kappa shape index (κ1) is 22.3. The van der Waals surface area contributed by atoms with Crippen molar-refractivity contribution in [1.29, 1.82) is 0 Å². The summed E-state index contributed by atoms with van der Waals surface area (Å²) in [5, 5.41) is 2.85. The summed E-state index contributed by atoms with van der Waals surface area (Å²) < 4.78 is 28.8. The fraction of sp³-hybridized carbons (Fsp3) is 0.524. The number of aromatic nitrogens is 1. The Morgan fingerprint density at radius 3 is 2.67 bits per heavy atom. The minimum Gasteiger partial charge on any atom is -0.493 e. The van der Waals surface area contributed by atoms with Crippen LogP contribution < -0.4 is 14.8 Å². The van der Waals surface area contributed by atoms with Crippen LogP contribution in [-0.4, -0.2) is 66.2 Å². The molecule has 0 aliphatic carbocycles. The van der Waals surface area contributed by atoms with E-state index >= 15 is 0 Å². The maximum absolute atomic E-state index is 12.4. The van der Waals surface area contributed by atoms with Crippen molar-refractivity contribution < 1.29 is 22.9 Å². The van der Waals surface area contributed by atoms with Gasteiger partial charge >= 0.3 is 0 Å². The number of oxazole rings is 1. The first-order valence-corrected chi connectivity index (χ1v) is 11.5. The number of nitrogens with one attached hydrogen (secondary N) is 1. The lowest BCUT2D eigenvalue weighted by molar-refractivity contribution is -0.118. The van der Waals surface area contributed by atoms with E-state index in [-0.39, 0.29) is 17.4 Å². The molecule has 8 nitrogen and oxygen atoms in total. The van der Waals surface area contributed by atoms with Crippen LogP contribution >= 0.6 is 0 Å². The quantitative estimate of drug-likeness (QED) is 0.611. The van der Waals surface area contributed by atoms with Crippen molar-refractivity contribution in [2.75, 3.05) is 46.2 Å². The molecule has 1 N–H and O–H groups in total. The van der Waals surface area contributed by atoms with Crippen LogP contribution in [0.2, 0.25) is 0 Å². The standard InChI is InChI=1S/C21H29N3O5S/c1-15-17(13-30(26)14-20(25)22-8-11-24-9-4-5-10-24)23-21(29-15)16-6-7-18(27-2)19(12-16)28-3/h6-7,12H,4-5,8-11,13-14H2,1-3H3,(H,22,25)/t30-/m0/s1. The van der Waals surface area contributed by atoms with E-state index in [2.05, 4.69) is 15.2 Å². The number of carbonyl (C=O) groups excluding carboxylic acids is 1. The summed E-state index contributed by atoms with van der Waals surface area (Å²) in [6.07, 6.45) is 2.45. The predicted molar refractivity (Wildman–Crippen MR) is 115 cm³/mol. The SMILES string of the molecule is COc1ccc(-c2nc(C[S@](=O)CC(=O)NCCN3CCCC3)c(C)o2)cc1OC. The van der Waals surface area contributed by atoms with Crippen LogP contribution in [0.5, 0.6) is 11.5 Å². The Balaban J connectivity index is 1.54. The molecule has 1 amide bonds. The van der Waals surface area contributed by atoms with Gasteiger partial charge in [0.05, 0.1) is 25.7 Å². The van der Waals surface area contributed by atoms with Crippen LogP contribution in [0.15, 0.2) is 22.6 Å². The molecule has 1 atom stereocenters. The van der Waals surface area contributed by atoms with Gasteiger partial charge in [-0.05, 0) is 51.1 Å². The van der Waals surface area contributed by atoms with Crippen molar-refractivity contribution in [2.24, 2.45) is 0 Å². The number of amides is 1. The summed E-state index contributed by atoms with van der Waals surface area (Å²) in [4.78, 5) is 18.9. The van der Waals surface area contributed by atoms with E-state index in [4.69, 9.17) is 13.9 Å². The third kappa shape index (κ3) is 5.82. The number of aryl methyl sites for hydroxylation is 1. The number of carbonyl (C=O) groups is 1. The van der Waals surface area contributed by atoms with Crippen molar-refractivity contribution in [3.63, 3.8) is 0 Å². The first-order chi connectivity index (χ1) is 14.5. The van der Waals surface area contributed by atoms with Crippen LogP contribution in [-0.2, 0) is 21.3 Å². The number of benzene rings is 1. The van der Waals surface area contributed by atoms with Gasteiger partial charge in [0.25, 0.3) is 0 Å². The Labute approximate surface area is 179 Å². The molecular formula is C21H29N3O5S. The third-order valence-electron chi connectivity index (χ3n) is 5.06. The van der Waals surface area contributed by atoms with Crippen molar-refractivity contribution in [3.8, 4) is 23.0 Å². The molecule has 0 saturated carbocycles. The highest BCUT2D eigenvalue weighted by molar-refractivity contribution is 7.84. The minimum absolute atomic E-state index is 0.0437. The number of ether oxygens (including phenoxy) is 2. The number of likely N-dealkylation sites (tertiary alicyclic amines) is 1. The number of nitrogens with zero attached hydrogens (tertiary/aromatic N) is 2. The van der Waals surface area contributed by atoms with E-state index in [1.54, 1.807) is 33.3 Å². The van der Waals surface area contributed by atoms with Gasteiger partial charge in [-0.1, -0.05) is 0 Å². The summed E-state index contributed by atoms with van der Waals surface area (Å²) in [5.41, 5.74) is 1.32. The van der Waals surface area contributed by atoms with Gasteiger partial charge in [-0.3, -0.25) is 9.00 Å². The highest BCUT2D eigenvalue weighted by Crippen LogP contribution is 2.32. The maximum Gasteiger partial charge on any atom is 0.232 e. The normalized spacial score (nSPS) is 15.2. The lowest BCUT2D eigenvalue weighted by atomic mass is 10.2. The van der Waals surface area contributed by atoms with Gasteiger partial charge in [0.1, 0.15) is 11.5 Å². The molecule has 1 fully saturated rings. The number of hydrogen-bond acceptors (Lipinski definition) is 7. The average Bonchev–Trinajstić information content (AvgIpc) is 3.37. The Morgan fingerprint density at radius 2 is 1.97 bits per heavy atom. The molecule has 9 heteroatoms. The largest absolute Gasteiger partial charge is 0.493 e. The van der Waals surface area contributed by atoms with E-state index in [0.29, 0.717) is 35.4 Å². The molecule has 0 radical (unpaired) electrons. The van der Waals surface area contributed by atoms with Crippen LogP contribution in [0.4, 0.5) is 0 Å². The monoisotopic (exact) mass is 435 g/mol. The van der Waals surface area contributed by atoms with E-state index in [0.717, 1.165) is 25.2 Å². The zero-order chi connectivity index (χ0) is 21.5. The molecule has 1 aliphatic rings. The molecule has 1 aromatic carbocycles. The zero-order valence-corrected chi connectivity index (χ0v) is 18.5. The summed E-state index contributed by atoms with van der Waals surface area (Å²) >= 11 is 0. The second-order valence-corrected chi connectivity index (χ2v) is 8.68. The predicted octanol–water partition coefficient (Wildman–Crippen LogP) is 2.13. The van der Waals surface area contributed by atoms with Crippen molar-refractivity contribution in [3.05, 3.63) is 29.7 Å². The van der Waals surface area contributed by atoms with E-state index in [1.807, 2.05) is 6.07 Å². The summed E-state index contributed by atoms with van der Waals surface area (Å²) in [5.74, 6) is 2.11. The number of methoxy groups -OCH3 is 2. The number of hydrogen-bond donors (Lipinski definition) is 1. The minimum atomic E-state index is -1.36. The summed E-state index contributed by atoms with van der Waals surface area (Å²) in [6.45, 7) is 5.39. The van der Waals surface area contributed by atoms with Gasteiger partial charge < -0.3 is 24.1 Å². The van der Waals surface area contributed by atoms with Gasteiger partial charge in [-0.25, -0.2) is 4.98 Å². The molecular weight excluding hydrogens is 406 g/mol. The van der Waals surface area contributed by atoms with Crippen molar-refractivity contribution in [1.82, 2.24) is 15.2 Å². The Bertz CT molecular complexity index is 893. The van der Waals surface area contributed by atoms with Crippen LogP contribution in [0, 0.1) is 6.92 Å². The Hall–Kier alpha value is -2.39. The fourth-order valence-corrected chi connectivity index (χ4v) is 4.48. The highest BCUT2D eigenvalue weighted by Gasteiger charge is 2.18. The number of rotatable bonds is 10.